The van der Waals surface area contributed by atoms with E-state index in [1.165, 1.54) is 48.5 Å². The summed E-state index contributed by atoms with van der Waals surface area (Å²) in [5.41, 5.74) is -7.46. The summed E-state index contributed by atoms with van der Waals surface area (Å²) in [6.45, 7) is -21.6. The van der Waals surface area contributed by atoms with Gasteiger partial charge in [-0.05, 0) is 146 Å². The van der Waals surface area contributed by atoms with E-state index in [2.05, 4.69) is 24.9 Å². The first kappa shape index (κ1) is 48.9. The molecular weight excluding hydrogens is 1850 g/mol. The molecule has 15 aromatic rings. The molecule has 30 rings (SSSR count). The predicted molar refractivity (Wildman–Crippen MR) is 523 cm³/mol. The molecule has 5 aromatic heterocycles. The number of nitrogens with zero attached hydrogens (tertiary/aromatic N) is 10. The number of para-hydroxylation sites is 5. The Morgan fingerprint density at radius 3 is 0.855 bits per heavy atom. The maximum Gasteiger partial charge on any atom is 0.245 e. The number of hydrogen-bond donors (Lipinski definition) is 5. The third-order valence-electron chi connectivity index (χ3n) is 24.7. The van der Waals surface area contributed by atoms with Gasteiger partial charge in [0.15, 0.2) is 57.5 Å². The molecule has 5 fully saturated rings. The van der Waals surface area contributed by atoms with Gasteiger partial charge in [0.2, 0.25) is 92.9 Å². The molecule has 0 aliphatic carbocycles. The Labute approximate surface area is 899 Å². The third-order valence-corrected chi connectivity index (χ3v) is 24.7. The van der Waals surface area contributed by atoms with Gasteiger partial charge in [-0.15, -0.1) is 0 Å². The molecule has 35 nitrogen and oxygen atoms in total. The number of H-pyrrole nitrogens is 5. The van der Waals surface area contributed by atoms with Crippen LogP contribution >= 0.6 is 0 Å². The number of benzene rings is 10. The Balaban J connectivity index is 0.000000116. The zero-order valence-corrected chi connectivity index (χ0v) is 74.6. The van der Waals surface area contributed by atoms with Crippen LogP contribution in [0.4, 0.5) is 0 Å². The monoisotopic (exact) mass is 2000 g/mol. The fraction of sp³-hybridized carbons (Fsp3) is 0.273. The van der Waals surface area contributed by atoms with E-state index >= 15 is 0 Å². The van der Waals surface area contributed by atoms with Crippen LogP contribution in [0.2, 0.25) is 0 Å². The molecule has 20 heterocycles. The summed E-state index contributed by atoms with van der Waals surface area (Å²) in [7, 11) is 4.50. The van der Waals surface area contributed by atoms with Crippen molar-refractivity contribution < 1.29 is 167 Å². The van der Waals surface area contributed by atoms with Gasteiger partial charge in [-0.1, -0.05) is 121 Å². The van der Waals surface area contributed by atoms with Crippen LogP contribution in [-0.2, 0) is 79.8 Å². The number of fused-ring (bicyclic) bond motifs is 25. The molecule has 10 amide bonds. The fourth-order valence-electron chi connectivity index (χ4n) is 18.2. The van der Waals surface area contributed by atoms with Gasteiger partial charge < -0.3 is 121 Å². The zero-order chi connectivity index (χ0) is 145. The van der Waals surface area contributed by atoms with Crippen LogP contribution < -0.4 is 47.4 Å². The van der Waals surface area contributed by atoms with Crippen molar-refractivity contribution in [3.8, 4) is 57.5 Å². The molecule has 145 heavy (non-hydrogen) atoms. The summed E-state index contributed by atoms with van der Waals surface area (Å²) in [4.78, 5) is 154. The van der Waals surface area contributed by atoms with E-state index in [1.807, 2.05) is 0 Å². The van der Waals surface area contributed by atoms with Crippen LogP contribution in [-0.4, -0.2) is 265 Å². The SMILES string of the molecule is [2H]C1([2H])Oc2ccc([C@]3([2H])c4[nH]c5ccccc5c4C([2H])([2H])[C@]4([2H])C(=O)N(C)C([2H])([2H])C(=O)N34)cc2O1.[2H]c1c([2H])c([2H])c2c3c([nH]c2c1[2H])[C@@]([2H])(c1ccc2c(c1)OC([2H])([2H])O2)N1C(=O)C([2H])([2H])N(C)C(=O)[C@@]1([2H])C3([2H])[2H].[2H]c1c([2H])c([2H])c2c3c([nH]c2c1[2H])[C@@]([2H])(c1ccc2c(c1)OCO2)N1C(=O)C([2H])([2H])N(C)C(=O)[C@@]1([2H])C3([2H])[2H].[2H]c1c([2H])c([C@]2([2H])c3[nH]c4c([2H])c([2H])c([2H])c([2H])c4c3C([2H])([2H])[C@]3([2H])C(=O)N(C)C([2H])([2H])C(=O)N23)c([2H])c2c1OCO2.[2H]c1c([2H])c([C@]2([2H])c3[nH]c4ccccc4c3C([2H])([2H])[C@]3([2H])C(=O)N(C)C([2H])([2H])C(=O)N23)c([2H])c2c1OCO2. The van der Waals surface area contributed by atoms with Crippen molar-refractivity contribution in [2.45, 2.75) is 92.0 Å². The number of hydrogen-bond acceptors (Lipinski definition) is 20. The van der Waals surface area contributed by atoms with E-state index < -0.39 is 380 Å². The van der Waals surface area contributed by atoms with Crippen LogP contribution in [0.3, 0.4) is 0 Å². The summed E-state index contributed by atoms with van der Waals surface area (Å²) in [6.07, 6.45) is -15.7. The highest BCUT2D eigenvalue weighted by molar-refractivity contribution is 6.03. The molecule has 0 unspecified atom stereocenters. The lowest BCUT2D eigenvalue weighted by Gasteiger charge is -2.46. The van der Waals surface area contributed by atoms with Crippen LogP contribution in [0.5, 0.6) is 57.5 Å². The predicted octanol–water partition coefficient (Wildman–Crippen LogP) is 11.1. The Kier molecular flexibility index (Phi) is 11.4. The van der Waals surface area contributed by atoms with Crippen LogP contribution in [0.15, 0.2) is 212 Å². The molecule has 0 spiro atoms. The summed E-state index contributed by atoms with van der Waals surface area (Å²) < 4.78 is 503. The molecule has 0 bridgehead atoms. The molecule has 15 aliphatic rings. The summed E-state index contributed by atoms with van der Waals surface area (Å²) in [5.74, 6) is -16.7. The second kappa shape index (κ2) is 33.9. The molecule has 5 N–H and O–H groups in total. The van der Waals surface area contributed by atoms with Crippen molar-refractivity contribution in [2.24, 2.45) is 0 Å². The van der Waals surface area contributed by atoms with Gasteiger partial charge in [0.25, 0.3) is 0 Å². The Morgan fingerprint density at radius 2 is 0.524 bits per heavy atom. The Morgan fingerprint density at radius 1 is 0.269 bits per heavy atom. The first-order valence-electron chi connectivity index (χ1n) is 69.3. The topological polar surface area (TPSA) is 374 Å². The van der Waals surface area contributed by atoms with E-state index in [0.29, 0.717) is 30.5 Å². The average Bonchev–Trinajstić information content (AvgIpc) is 1.51. The number of carbonyl (C=O) groups is 10. The highest BCUT2D eigenvalue weighted by atomic mass is 16.7. The number of nitrogens with one attached hydrogen (secondary N) is 5. The Hall–Kier alpha value is -17.4. The van der Waals surface area contributed by atoms with Crippen molar-refractivity contribution >= 4 is 114 Å². The number of piperazine rings is 5. The zero-order valence-electron chi connectivity index (χ0n) is 127. The first-order chi connectivity index (χ1) is 90.8. The van der Waals surface area contributed by atoms with Gasteiger partial charge in [-0.3, -0.25) is 47.9 Å². The summed E-state index contributed by atoms with van der Waals surface area (Å²) >= 11 is 0. The molecule has 0 radical (unpaired) electrons. The number of aromatic nitrogens is 5. The van der Waals surface area contributed by atoms with E-state index in [0.717, 1.165) is 47.4 Å². The van der Waals surface area contributed by atoms with Gasteiger partial charge in [0.05, 0.1) is 115 Å². The van der Waals surface area contributed by atoms with Crippen LogP contribution in [0.25, 0.3) is 54.5 Å². The minimum atomic E-state index is -3.51. The third kappa shape index (κ3) is 14.2. The average molecular weight is 2000 g/mol. The number of rotatable bonds is 5. The van der Waals surface area contributed by atoms with Crippen LogP contribution in [0, 0.1) is 0 Å². The fourth-order valence-corrected chi connectivity index (χ4v) is 18.2. The van der Waals surface area contributed by atoms with Crippen LogP contribution in [0.1, 0.15) is 185 Å². The number of amides is 10. The van der Waals surface area contributed by atoms with Crippen molar-refractivity contribution in [3.63, 3.8) is 0 Å². The first-order valence-corrected chi connectivity index (χ1v) is 43.3. The minimum Gasteiger partial charge on any atom is -0.454 e. The van der Waals surface area contributed by atoms with E-state index in [1.54, 1.807) is 42.5 Å². The van der Waals surface area contributed by atoms with Gasteiger partial charge in [-0.2, -0.15) is 0 Å². The van der Waals surface area contributed by atoms with E-state index in [9.17, 15) is 61.7 Å². The molecule has 0 saturated carbocycles. The van der Waals surface area contributed by atoms with Gasteiger partial charge in [0.1, 0.15) is 35.6 Å². The quantitative estimate of drug-likeness (QED) is 0.107. The number of ether oxygens (including phenoxy) is 10. The minimum absolute atomic E-state index is 0.00797. The summed E-state index contributed by atoms with van der Waals surface area (Å²) in [6, 6.07) is -19.7. The molecule has 10 atom stereocenters. The van der Waals surface area contributed by atoms with Gasteiger partial charge in [0, 0.05) is 164 Å². The second-order valence-electron chi connectivity index (χ2n) is 33.0. The van der Waals surface area contributed by atoms with Crippen molar-refractivity contribution in [2.75, 3.05) is 102 Å². The second-order valence-corrected chi connectivity index (χ2v) is 33.0. The lowest BCUT2D eigenvalue weighted by Crippen LogP contribution is -2.62. The smallest absolute Gasteiger partial charge is 0.245 e. The molecule has 15 aliphatic heterocycles. The normalized spacial score (nSPS) is 37.2. The lowest BCUT2D eigenvalue weighted by molar-refractivity contribution is -0.157. The van der Waals surface area contributed by atoms with Crippen molar-refractivity contribution in [1.29, 1.82) is 0 Å². The van der Waals surface area contributed by atoms with E-state index in [4.69, 9.17) is 105 Å². The molecule has 730 valence electrons. The van der Waals surface area contributed by atoms with Gasteiger partial charge in [-0.25, -0.2) is 0 Å². The lowest BCUT2D eigenvalue weighted by atomic mass is 9.86. The maximum atomic E-state index is 13.9. The highest BCUT2D eigenvalue weighted by Gasteiger charge is 2.55. The Bertz CT molecular complexity index is 11200. The molecule has 10 aromatic carbocycles. The van der Waals surface area contributed by atoms with Gasteiger partial charge >= 0.3 is 0 Å². The number of likely N-dealkylation sites (N-methyl/N-ethyl adjacent to an activating group) is 5. The van der Waals surface area contributed by atoms with E-state index in [-0.39, 0.29) is 161 Å². The maximum absolute atomic E-state index is 13.9. The molecule has 35 heteroatoms. The largest absolute Gasteiger partial charge is 0.454 e. The number of carbonyl (C=O) groups excluding carboxylic acids is 10. The molecular formula is C110H95N15O20. The summed E-state index contributed by atoms with van der Waals surface area (Å²) in [5, 5.41) is -0.908. The highest BCUT2D eigenvalue weighted by Crippen LogP contribution is 2.53. The standard InChI is InChI=1S/5C22H19N3O4/c5*1-24-10-19(26)25-16(22(24)27)9-14-13-4-2-3-5-15(13)23-20(14)21(25)12-6-7-17-18(8-12)29-11-28-17/h5*2-8,16,21,23H,9-11H2,1H3/t5*16-,21-/m11111/s1/i2D,3D,4D,5D,6D,7D,8D,9D2,10D2,16D,21D;2D,3D,4D,5D,9D2,10D2,11D2,16D,21D;2D,3D,4D,5D,9D2,10D2,16D,21D;6D,7D,8D,9D2,10D2,16D,21D;9D2,10D2,11D2,16D,21D. The van der Waals surface area contributed by atoms with Crippen molar-refractivity contribution in [3.05, 3.63) is 296 Å². The van der Waals surface area contributed by atoms with Crippen molar-refractivity contribution in [1.82, 2.24) is 73.9 Å². The molecule has 5 saturated heterocycles. The number of aromatic amines is 5.